The Hall–Kier alpha value is -1.94. The normalized spacial score (nSPS) is 20.9. The molecule has 0 unspecified atom stereocenters. The van der Waals surface area contributed by atoms with Gasteiger partial charge in [0.2, 0.25) is 0 Å². The fourth-order valence-corrected chi connectivity index (χ4v) is 3.69. The molecule has 4 heteroatoms. The van der Waals surface area contributed by atoms with E-state index in [2.05, 4.69) is 15.9 Å². The van der Waals surface area contributed by atoms with E-state index in [4.69, 9.17) is 4.74 Å². The first-order chi connectivity index (χ1) is 11.6. The number of halogens is 1. The summed E-state index contributed by atoms with van der Waals surface area (Å²) in [6.45, 7) is 0. The number of methoxy groups -OCH3 is 1. The van der Waals surface area contributed by atoms with Crippen LogP contribution in [0, 0.1) is 5.92 Å². The maximum Gasteiger partial charge on any atom is 0.144 e. The van der Waals surface area contributed by atoms with Gasteiger partial charge in [0.25, 0.3) is 0 Å². The summed E-state index contributed by atoms with van der Waals surface area (Å²) in [6, 6.07) is 15.4. The van der Waals surface area contributed by atoms with Crippen molar-refractivity contribution in [3.8, 4) is 5.75 Å². The van der Waals surface area contributed by atoms with E-state index < -0.39 is 5.92 Å². The molecule has 124 valence electrons. The van der Waals surface area contributed by atoms with Crippen molar-refractivity contribution in [2.75, 3.05) is 7.11 Å². The van der Waals surface area contributed by atoms with Gasteiger partial charge in [0, 0.05) is 17.3 Å². The van der Waals surface area contributed by atoms with Crippen LogP contribution >= 0.6 is 15.9 Å². The monoisotopic (exact) mass is 386 g/mol. The van der Waals surface area contributed by atoms with Gasteiger partial charge in [0.1, 0.15) is 17.3 Å². The number of Topliss-reactive ketones (excluding diaryl/α,β-unsaturated/α-hetero) is 2. The Morgan fingerprint density at radius 2 is 1.62 bits per heavy atom. The molecule has 1 aliphatic rings. The predicted octanol–water partition coefficient (Wildman–Crippen LogP) is 4.33. The van der Waals surface area contributed by atoms with E-state index in [-0.39, 0.29) is 17.5 Å². The van der Waals surface area contributed by atoms with Crippen LogP contribution in [-0.4, -0.2) is 18.7 Å². The van der Waals surface area contributed by atoms with Crippen LogP contribution in [0.4, 0.5) is 0 Å². The summed E-state index contributed by atoms with van der Waals surface area (Å²) in [7, 11) is 1.62. The average Bonchev–Trinajstić information content (AvgIpc) is 2.59. The molecule has 0 spiro atoms. The van der Waals surface area contributed by atoms with Gasteiger partial charge in [0.05, 0.1) is 13.0 Å². The Bertz CT molecular complexity index is 734. The van der Waals surface area contributed by atoms with Gasteiger partial charge in [-0.2, -0.15) is 0 Å². The Morgan fingerprint density at radius 3 is 2.21 bits per heavy atom. The molecule has 0 saturated heterocycles. The molecule has 0 bridgehead atoms. The molecule has 0 amide bonds. The van der Waals surface area contributed by atoms with Crippen molar-refractivity contribution in [3.05, 3.63) is 64.1 Å². The third-order valence-electron chi connectivity index (χ3n) is 4.64. The lowest BCUT2D eigenvalue weighted by Gasteiger charge is -2.27. The Morgan fingerprint density at radius 1 is 1.00 bits per heavy atom. The van der Waals surface area contributed by atoms with Crippen LogP contribution in [0.5, 0.6) is 5.75 Å². The number of rotatable bonds is 4. The molecule has 0 aromatic heterocycles. The van der Waals surface area contributed by atoms with Crippen LogP contribution < -0.4 is 4.74 Å². The molecule has 2 aromatic carbocycles. The van der Waals surface area contributed by atoms with E-state index in [0.29, 0.717) is 19.3 Å². The summed E-state index contributed by atoms with van der Waals surface area (Å²) >= 11 is 3.49. The van der Waals surface area contributed by atoms with Crippen LogP contribution in [-0.2, 0) is 16.0 Å². The molecular weight excluding hydrogens is 368 g/mol. The zero-order valence-electron chi connectivity index (χ0n) is 13.5. The quantitative estimate of drug-likeness (QED) is 0.734. The smallest absolute Gasteiger partial charge is 0.144 e. The van der Waals surface area contributed by atoms with Crippen molar-refractivity contribution in [3.63, 3.8) is 0 Å². The van der Waals surface area contributed by atoms with Crippen molar-refractivity contribution in [2.24, 2.45) is 5.92 Å². The topological polar surface area (TPSA) is 43.4 Å². The number of carbonyl (C=O) groups excluding carboxylic acids is 2. The van der Waals surface area contributed by atoms with Crippen molar-refractivity contribution in [2.45, 2.75) is 25.2 Å². The minimum atomic E-state index is -0.516. The third-order valence-corrected chi connectivity index (χ3v) is 5.42. The van der Waals surface area contributed by atoms with Crippen molar-refractivity contribution < 1.29 is 14.3 Å². The maximum atomic E-state index is 12.6. The fraction of sp³-hybridized carbons (Fsp3) is 0.300. The average molecular weight is 387 g/mol. The molecule has 0 aliphatic heterocycles. The number of ketones is 2. The van der Waals surface area contributed by atoms with Gasteiger partial charge in [-0.25, -0.2) is 0 Å². The molecule has 0 atom stereocenters. The summed E-state index contributed by atoms with van der Waals surface area (Å²) < 4.78 is 6.10. The highest BCUT2D eigenvalue weighted by Crippen LogP contribution is 2.34. The molecule has 2 aromatic rings. The minimum Gasteiger partial charge on any atom is -0.497 e. The van der Waals surface area contributed by atoms with Crippen LogP contribution in [0.25, 0.3) is 0 Å². The molecule has 1 aliphatic carbocycles. The Kier molecular flexibility index (Phi) is 5.14. The van der Waals surface area contributed by atoms with Gasteiger partial charge >= 0.3 is 0 Å². The molecule has 1 saturated carbocycles. The highest BCUT2D eigenvalue weighted by molar-refractivity contribution is 9.10. The number of benzene rings is 2. The Balaban J connectivity index is 1.73. The second-order valence-electron chi connectivity index (χ2n) is 6.16. The van der Waals surface area contributed by atoms with Crippen molar-refractivity contribution in [1.82, 2.24) is 0 Å². The van der Waals surface area contributed by atoms with Crippen LogP contribution in [0.15, 0.2) is 53.0 Å². The lowest BCUT2D eigenvalue weighted by atomic mass is 9.75. The second kappa shape index (κ2) is 7.31. The maximum absolute atomic E-state index is 12.6. The van der Waals surface area contributed by atoms with Crippen molar-refractivity contribution in [1.29, 1.82) is 0 Å². The third kappa shape index (κ3) is 3.59. The van der Waals surface area contributed by atoms with E-state index in [0.717, 1.165) is 21.3 Å². The highest BCUT2D eigenvalue weighted by atomic mass is 79.9. The second-order valence-corrected chi connectivity index (χ2v) is 7.01. The van der Waals surface area contributed by atoms with Gasteiger partial charge in [0.15, 0.2) is 0 Å². The molecule has 0 heterocycles. The van der Waals surface area contributed by atoms with E-state index in [1.165, 1.54) is 0 Å². The lowest BCUT2D eigenvalue weighted by Crippen LogP contribution is -2.34. The van der Waals surface area contributed by atoms with Crippen LogP contribution in [0.1, 0.15) is 29.9 Å². The van der Waals surface area contributed by atoms with E-state index in [9.17, 15) is 9.59 Å². The molecule has 0 N–H and O–H groups in total. The molecular formula is C20H19BrO3. The lowest BCUT2D eigenvalue weighted by molar-refractivity contribution is -0.136. The zero-order valence-corrected chi connectivity index (χ0v) is 15.1. The first-order valence-electron chi connectivity index (χ1n) is 8.01. The van der Waals surface area contributed by atoms with Gasteiger partial charge in [-0.05, 0) is 41.7 Å². The standard InChI is InChI=1S/C20H19BrO3/c1-24-16-8-6-13(7-9-16)15-11-19(22)17(20(23)12-15)10-14-4-2-3-5-18(14)21/h2-9,15,17H,10-12H2,1H3. The first kappa shape index (κ1) is 16.9. The molecule has 3 rings (SSSR count). The number of hydrogen-bond acceptors (Lipinski definition) is 3. The molecule has 3 nitrogen and oxygen atoms in total. The molecule has 24 heavy (non-hydrogen) atoms. The van der Waals surface area contributed by atoms with Gasteiger partial charge in [-0.15, -0.1) is 0 Å². The van der Waals surface area contributed by atoms with E-state index in [1.54, 1.807) is 7.11 Å². The van der Waals surface area contributed by atoms with Gasteiger partial charge in [-0.1, -0.05) is 46.3 Å². The van der Waals surface area contributed by atoms with Crippen LogP contribution in [0.2, 0.25) is 0 Å². The largest absolute Gasteiger partial charge is 0.497 e. The van der Waals surface area contributed by atoms with Crippen molar-refractivity contribution >= 4 is 27.5 Å². The van der Waals surface area contributed by atoms with Gasteiger partial charge < -0.3 is 4.74 Å². The molecule has 0 radical (unpaired) electrons. The summed E-state index contributed by atoms with van der Waals surface area (Å²) in [5.74, 6) is 0.328. The summed E-state index contributed by atoms with van der Waals surface area (Å²) in [5, 5.41) is 0. The SMILES string of the molecule is COc1ccc(C2CC(=O)C(Cc3ccccc3Br)C(=O)C2)cc1. The number of carbonyl (C=O) groups is 2. The zero-order chi connectivity index (χ0) is 17.1. The van der Waals surface area contributed by atoms with E-state index in [1.807, 2.05) is 48.5 Å². The number of hydrogen-bond donors (Lipinski definition) is 0. The first-order valence-corrected chi connectivity index (χ1v) is 8.80. The minimum absolute atomic E-state index is 0.0219. The molecule has 1 fully saturated rings. The van der Waals surface area contributed by atoms with Crippen LogP contribution in [0.3, 0.4) is 0 Å². The summed E-state index contributed by atoms with van der Waals surface area (Å²) in [5.41, 5.74) is 2.03. The fourth-order valence-electron chi connectivity index (χ4n) is 3.25. The van der Waals surface area contributed by atoms with E-state index >= 15 is 0 Å². The highest BCUT2D eigenvalue weighted by Gasteiger charge is 2.36. The van der Waals surface area contributed by atoms with Gasteiger partial charge in [-0.3, -0.25) is 9.59 Å². The Labute approximate surface area is 150 Å². The summed E-state index contributed by atoms with van der Waals surface area (Å²) in [6.07, 6.45) is 1.33. The number of ether oxygens (including phenoxy) is 1. The summed E-state index contributed by atoms with van der Waals surface area (Å²) in [4.78, 5) is 25.1. The predicted molar refractivity (Wildman–Crippen MR) is 96.3 cm³/mol.